The summed E-state index contributed by atoms with van der Waals surface area (Å²) in [5.74, 6) is 0. The van der Waals surface area contributed by atoms with E-state index in [1.54, 1.807) is 0 Å². The van der Waals surface area contributed by atoms with Crippen molar-refractivity contribution in [3.8, 4) is 0 Å². The number of nitrogens with zero attached hydrogens (tertiary/aromatic N) is 1. The maximum atomic E-state index is 5.17. The molecule has 9 heavy (non-hydrogen) atoms. The van der Waals surface area contributed by atoms with Crippen molar-refractivity contribution in [2.45, 2.75) is 26.4 Å². The van der Waals surface area contributed by atoms with E-state index < -0.39 is 0 Å². The van der Waals surface area contributed by atoms with Gasteiger partial charge in [-0.2, -0.15) is 0 Å². The van der Waals surface area contributed by atoms with E-state index in [0.717, 1.165) is 5.70 Å². The summed E-state index contributed by atoms with van der Waals surface area (Å²) in [5.41, 5.74) is 0.859. The minimum atomic E-state index is -0.161. The molecule has 2 nitrogen and oxygen atoms in total. The van der Waals surface area contributed by atoms with Crippen LogP contribution in [-0.2, 0) is 4.74 Å². The number of rotatable bonds is 0. The first-order valence-electron chi connectivity index (χ1n) is 3.00. The number of hydrogen-bond acceptors (Lipinski definition) is 2. The summed E-state index contributed by atoms with van der Waals surface area (Å²) >= 11 is 0. The van der Waals surface area contributed by atoms with Crippen molar-refractivity contribution in [3.05, 3.63) is 11.8 Å². The topological polar surface area (TPSA) is 21.6 Å². The Morgan fingerprint density at radius 3 is 2.56 bits per heavy atom. The molecule has 50 valence electrons. The third-order valence-corrected chi connectivity index (χ3v) is 1.17. The Morgan fingerprint density at radius 2 is 2.22 bits per heavy atom. The molecule has 0 saturated carbocycles. The number of ether oxygens (including phenoxy) is 1. The monoisotopic (exact) mass is 125 g/mol. The summed E-state index contributed by atoms with van der Waals surface area (Å²) in [7, 11) is 0. The van der Waals surface area contributed by atoms with Gasteiger partial charge in [-0.25, -0.2) is 4.99 Å². The van der Waals surface area contributed by atoms with Crippen molar-refractivity contribution >= 4 is 6.40 Å². The van der Waals surface area contributed by atoms with E-state index in [0.29, 0.717) is 0 Å². The first-order valence-corrected chi connectivity index (χ1v) is 3.00. The van der Waals surface area contributed by atoms with Gasteiger partial charge in [-0.1, -0.05) is 0 Å². The molecule has 2 heteroatoms. The van der Waals surface area contributed by atoms with Gasteiger partial charge in [-0.3, -0.25) is 0 Å². The van der Waals surface area contributed by atoms with Crippen molar-refractivity contribution in [2.24, 2.45) is 4.99 Å². The summed E-state index contributed by atoms with van der Waals surface area (Å²) in [6, 6.07) is 0. The molecule has 0 atom stereocenters. The zero-order valence-corrected chi connectivity index (χ0v) is 6.01. The summed E-state index contributed by atoms with van der Waals surface area (Å²) in [4.78, 5) is 3.94. The van der Waals surface area contributed by atoms with E-state index >= 15 is 0 Å². The van der Waals surface area contributed by atoms with Crippen LogP contribution in [-0.4, -0.2) is 12.0 Å². The van der Waals surface area contributed by atoms with Crippen LogP contribution in [0.2, 0.25) is 0 Å². The zero-order chi connectivity index (χ0) is 6.91. The molecule has 0 N–H and O–H groups in total. The fourth-order valence-electron chi connectivity index (χ4n) is 0.820. The van der Waals surface area contributed by atoms with Crippen LogP contribution in [0.5, 0.6) is 0 Å². The maximum Gasteiger partial charge on any atom is 0.175 e. The fourth-order valence-corrected chi connectivity index (χ4v) is 0.820. The SMILES string of the molecule is CC1=CC(C)(C)OC=N1. The predicted molar refractivity (Wildman–Crippen MR) is 37.4 cm³/mol. The van der Waals surface area contributed by atoms with Gasteiger partial charge in [0.2, 0.25) is 0 Å². The van der Waals surface area contributed by atoms with Gasteiger partial charge in [0.05, 0.1) is 0 Å². The summed E-state index contributed by atoms with van der Waals surface area (Å²) in [6.07, 6.45) is 3.49. The van der Waals surface area contributed by atoms with Crippen LogP contribution in [0.3, 0.4) is 0 Å². The molecule has 0 aromatic carbocycles. The van der Waals surface area contributed by atoms with Crippen LogP contribution in [0.25, 0.3) is 0 Å². The molecule has 0 saturated heterocycles. The second-order valence-electron chi connectivity index (χ2n) is 2.74. The smallest absolute Gasteiger partial charge is 0.175 e. The Kier molecular flexibility index (Phi) is 1.31. The highest BCUT2D eigenvalue weighted by Crippen LogP contribution is 2.16. The van der Waals surface area contributed by atoms with Gasteiger partial charge < -0.3 is 4.74 Å². The highest BCUT2D eigenvalue weighted by atomic mass is 16.5. The van der Waals surface area contributed by atoms with E-state index in [1.807, 2.05) is 26.8 Å². The lowest BCUT2D eigenvalue weighted by Crippen LogP contribution is -2.23. The second kappa shape index (κ2) is 1.87. The molecule has 1 heterocycles. The van der Waals surface area contributed by atoms with Gasteiger partial charge in [-0.15, -0.1) is 0 Å². The zero-order valence-electron chi connectivity index (χ0n) is 6.01. The lowest BCUT2D eigenvalue weighted by Gasteiger charge is -2.22. The van der Waals surface area contributed by atoms with E-state index in [-0.39, 0.29) is 5.60 Å². The molecule has 0 aromatic rings. The van der Waals surface area contributed by atoms with Gasteiger partial charge in [0.15, 0.2) is 6.40 Å². The lowest BCUT2D eigenvalue weighted by atomic mass is 10.1. The average Bonchev–Trinajstić information content (AvgIpc) is 1.60. The number of allylic oxidation sites excluding steroid dienone is 1. The highest BCUT2D eigenvalue weighted by molar-refractivity contribution is 5.52. The fraction of sp³-hybridized carbons (Fsp3) is 0.571. The van der Waals surface area contributed by atoms with Crippen molar-refractivity contribution in [3.63, 3.8) is 0 Å². The normalized spacial score (nSPS) is 22.8. The third-order valence-electron chi connectivity index (χ3n) is 1.17. The molecule has 0 spiro atoms. The summed E-state index contributed by atoms with van der Waals surface area (Å²) < 4.78 is 5.17. The number of hydrogen-bond donors (Lipinski definition) is 0. The molecule has 1 aliphatic rings. The van der Waals surface area contributed by atoms with Crippen LogP contribution >= 0.6 is 0 Å². The summed E-state index contributed by atoms with van der Waals surface area (Å²) in [5, 5.41) is 0. The number of aliphatic imine (C=N–C) groups is 1. The Hall–Kier alpha value is -0.790. The standard InChI is InChI=1S/C7H11NO/c1-6-4-7(2,3)9-5-8-6/h4-5H,1-3H3. The predicted octanol–water partition coefficient (Wildman–Crippen LogP) is 1.73. The van der Waals surface area contributed by atoms with Crippen molar-refractivity contribution < 1.29 is 4.74 Å². The van der Waals surface area contributed by atoms with E-state index in [4.69, 9.17) is 4.74 Å². The first-order chi connectivity index (χ1) is 4.10. The van der Waals surface area contributed by atoms with Gasteiger partial charge in [-0.05, 0) is 26.8 Å². The van der Waals surface area contributed by atoms with Gasteiger partial charge >= 0.3 is 0 Å². The highest BCUT2D eigenvalue weighted by Gasteiger charge is 2.16. The molecular weight excluding hydrogens is 114 g/mol. The minimum absolute atomic E-state index is 0.161. The quantitative estimate of drug-likeness (QED) is 0.483. The van der Waals surface area contributed by atoms with Gasteiger partial charge in [0.25, 0.3) is 0 Å². The molecular formula is C7H11NO. The molecule has 0 fully saturated rings. The second-order valence-corrected chi connectivity index (χ2v) is 2.74. The van der Waals surface area contributed by atoms with E-state index in [2.05, 4.69) is 4.99 Å². The molecule has 0 radical (unpaired) electrons. The average molecular weight is 125 g/mol. The van der Waals surface area contributed by atoms with Crippen molar-refractivity contribution in [1.29, 1.82) is 0 Å². The van der Waals surface area contributed by atoms with Gasteiger partial charge in [0.1, 0.15) is 5.60 Å². The van der Waals surface area contributed by atoms with Gasteiger partial charge in [0, 0.05) is 5.70 Å². The summed E-state index contributed by atoms with van der Waals surface area (Å²) in [6.45, 7) is 5.96. The Labute approximate surface area is 55.2 Å². The Bertz CT molecular complexity index is 168. The van der Waals surface area contributed by atoms with Crippen LogP contribution in [0.1, 0.15) is 20.8 Å². The lowest BCUT2D eigenvalue weighted by molar-refractivity contribution is 0.152. The Balaban J connectivity index is 2.78. The van der Waals surface area contributed by atoms with Crippen molar-refractivity contribution in [2.75, 3.05) is 0 Å². The third kappa shape index (κ3) is 1.56. The van der Waals surface area contributed by atoms with Crippen LogP contribution in [0.4, 0.5) is 0 Å². The largest absolute Gasteiger partial charge is 0.473 e. The molecule has 0 amide bonds. The molecule has 0 aliphatic carbocycles. The maximum absolute atomic E-state index is 5.17. The van der Waals surface area contributed by atoms with E-state index in [1.165, 1.54) is 6.40 Å². The molecule has 0 unspecified atom stereocenters. The minimum Gasteiger partial charge on any atom is -0.473 e. The molecule has 1 aliphatic heterocycles. The van der Waals surface area contributed by atoms with Crippen molar-refractivity contribution in [1.82, 2.24) is 0 Å². The van der Waals surface area contributed by atoms with E-state index in [9.17, 15) is 0 Å². The van der Waals surface area contributed by atoms with Crippen LogP contribution in [0, 0.1) is 0 Å². The molecule has 0 aromatic heterocycles. The van der Waals surface area contributed by atoms with Crippen LogP contribution in [0.15, 0.2) is 16.8 Å². The molecule has 0 bridgehead atoms. The molecule has 1 rings (SSSR count). The first kappa shape index (κ1) is 6.33. The van der Waals surface area contributed by atoms with Crippen LogP contribution < -0.4 is 0 Å². The Morgan fingerprint density at radius 1 is 1.56 bits per heavy atom.